The molecule has 0 aliphatic rings. The second-order valence-corrected chi connectivity index (χ2v) is 7.43. The summed E-state index contributed by atoms with van der Waals surface area (Å²) in [6.45, 7) is 8.05. The van der Waals surface area contributed by atoms with E-state index in [1.165, 1.54) is 5.57 Å². The molecule has 1 amide bonds. The molecular formula is C21H23N3OS. The average Bonchev–Trinajstić information content (AvgIpc) is 3.23. The van der Waals surface area contributed by atoms with Crippen LogP contribution in [0.15, 0.2) is 58.5 Å². The highest BCUT2D eigenvalue weighted by Gasteiger charge is 2.12. The molecule has 0 radical (unpaired) electrons. The first-order valence-electron chi connectivity index (χ1n) is 8.67. The topological polar surface area (TPSA) is 57.8 Å². The van der Waals surface area contributed by atoms with Gasteiger partial charge in [-0.15, -0.1) is 11.3 Å². The third kappa shape index (κ3) is 3.94. The zero-order chi connectivity index (χ0) is 18.7. The SMILES string of the molecule is CC/C(C(=O)Nc1ccc2nc(-c3cccs3)[nH]c2c1)=C(/C)C=C(C)C. The van der Waals surface area contributed by atoms with Gasteiger partial charge in [0.1, 0.15) is 5.82 Å². The molecule has 0 saturated carbocycles. The number of allylic oxidation sites excluding steroid dienone is 3. The van der Waals surface area contributed by atoms with E-state index in [9.17, 15) is 4.79 Å². The number of aromatic amines is 1. The van der Waals surface area contributed by atoms with Crippen molar-refractivity contribution in [3.63, 3.8) is 0 Å². The Bertz CT molecular complexity index is 990. The lowest BCUT2D eigenvalue weighted by Crippen LogP contribution is -2.15. The van der Waals surface area contributed by atoms with E-state index in [2.05, 4.69) is 15.3 Å². The predicted octanol–water partition coefficient (Wildman–Crippen LogP) is 5.92. The van der Waals surface area contributed by atoms with Gasteiger partial charge in [0, 0.05) is 11.3 Å². The van der Waals surface area contributed by atoms with Crippen LogP contribution in [0.25, 0.3) is 21.7 Å². The van der Waals surface area contributed by atoms with Crippen molar-refractivity contribution < 1.29 is 4.79 Å². The van der Waals surface area contributed by atoms with E-state index in [-0.39, 0.29) is 5.91 Å². The Kier molecular flexibility index (Phi) is 5.38. The molecule has 1 aromatic carbocycles. The van der Waals surface area contributed by atoms with Crippen LogP contribution in [-0.4, -0.2) is 15.9 Å². The number of rotatable bonds is 5. The average molecular weight is 366 g/mol. The Hall–Kier alpha value is -2.66. The maximum absolute atomic E-state index is 12.7. The maximum atomic E-state index is 12.7. The van der Waals surface area contributed by atoms with Gasteiger partial charge in [0.15, 0.2) is 0 Å². The maximum Gasteiger partial charge on any atom is 0.251 e. The summed E-state index contributed by atoms with van der Waals surface area (Å²) in [7, 11) is 0. The zero-order valence-corrected chi connectivity index (χ0v) is 16.3. The van der Waals surface area contributed by atoms with Crippen molar-refractivity contribution in [3.05, 3.63) is 58.5 Å². The van der Waals surface area contributed by atoms with Crippen LogP contribution in [0, 0.1) is 0 Å². The van der Waals surface area contributed by atoms with E-state index in [0.717, 1.165) is 38.6 Å². The van der Waals surface area contributed by atoms with Crippen molar-refractivity contribution in [3.8, 4) is 10.7 Å². The first kappa shape index (κ1) is 18.1. The van der Waals surface area contributed by atoms with E-state index >= 15 is 0 Å². The molecule has 26 heavy (non-hydrogen) atoms. The van der Waals surface area contributed by atoms with Gasteiger partial charge in [0.25, 0.3) is 5.91 Å². The molecule has 0 spiro atoms. The highest BCUT2D eigenvalue weighted by atomic mass is 32.1. The van der Waals surface area contributed by atoms with Gasteiger partial charge in [-0.2, -0.15) is 0 Å². The lowest BCUT2D eigenvalue weighted by Gasteiger charge is -2.10. The summed E-state index contributed by atoms with van der Waals surface area (Å²) in [5.74, 6) is 0.798. The Morgan fingerprint density at radius 1 is 1.27 bits per heavy atom. The summed E-state index contributed by atoms with van der Waals surface area (Å²) in [6, 6.07) is 9.79. The number of fused-ring (bicyclic) bond motifs is 1. The monoisotopic (exact) mass is 365 g/mol. The van der Waals surface area contributed by atoms with Crippen LogP contribution in [0.1, 0.15) is 34.1 Å². The number of nitrogens with one attached hydrogen (secondary N) is 2. The first-order chi connectivity index (χ1) is 12.5. The van der Waals surface area contributed by atoms with Gasteiger partial charge in [-0.1, -0.05) is 24.6 Å². The predicted molar refractivity (Wildman–Crippen MR) is 110 cm³/mol. The number of thiophene rings is 1. The third-order valence-corrected chi connectivity index (χ3v) is 4.98. The fourth-order valence-electron chi connectivity index (χ4n) is 2.96. The molecule has 134 valence electrons. The lowest BCUT2D eigenvalue weighted by atomic mass is 10.0. The third-order valence-electron chi connectivity index (χ3n) is 4.10. The number of hydrogen-bond donors (Lipinski definition) is 2. The Morgan fingerprint density at radius 2 is 2.08 bits per heavy atom. The van der Waals surface area contributed by atoms with Crippen molar-refractivity contribution >= 4 is 34.0 Å². The minimum atomic E-state index is -0.0557. The second kappa shape index (κ2) is 7.70. The van der Waals surface area contributed by atoms with Crippen LogP contribution in [0.2, 0.25) is 0 Å². The van der Waals surface area contributed by atoms with Gasteiger partial charge < -0.3 is 10.3 Å². The van der Waals surface area contributed by atoms with Crippen LogP contribution in [0.4, 0.5) is 5.69 Å². The number of carbonyl (C=O) groups excluding carboxylic acids is 1. The number of benzene rings is 1. The zero-order valence-electron chi connectivity index (χ0n) is 15.5. The lowest BCUT2D eigenvalue weighted by molar-refractivity contribution is -0.113. The minimum absolute atomic E-state index is 0.0557. The van der Waals surface area contributed by atoms with Crippen LogP contribution >= 0.6 is 11.3 Å². The smallest absolute Gasteiger partial charge is 0.251 e. The molecule has 0 unspecified atom stereocenters. The van der Waals surface area contributed by atoms with Gasteiger partial charge in [-0.05, 0) is 62.4 Å². The van der Waals surface area contributed by atoms with E-state index < -0.39 is 0 Å². The van der Waals surface area contributed by atoms with E-state index in [4.69, 9.17) is 0 Å². The van der Waals surface area contributed by atoms with Crippen molar-refractivity contribution in [2.24, 2.45) is 0 Å². The fourth-order valence-corrected chi connectivity index (χ4v) is 3.63. The number of imidazole rings is 1. The number of hydrogen-bond acceptors (Lipinski definition) is 3. The normalized spacial score (nSPS) is 12.0. The number of anilines is 1. The van der Waals surface area contributed by atoms with Crippen molar-refractivity contribution in [2.75, 3.05) is 5.32 Å². The summed E-state index contributed by atoms with van der Waals surface area (Å²) < 4.78 is 0. The molecule has 0 saturated heterocycles. The van der Waals surface area contributed by atoms with Crippen LogP contribution < -0.4 is 5.32 Å². The van der Waals surface area contributed by atoms with Gasteiger partial charge in [-0.25, -0.2) is 4.98 Å². The second-order valence-electron chi connectivity index (χ2n) is 6.49. The Labute approximate surface area is 157 Å². The number of carbonyl (C=O) groups is 1. The summed E-state index contributed by atoms with van der Waals surface area (Å²) in [5, 5.41) is 5.04. The van der Waals surface area contributed by atoms with Crippen molar-refractivity contribution in [2.45, 2.75) is 34.1 Å². The Morgan fingerprint density at radius 3 is 2.73 bits per heavy atom. The number of amides is 1. The van der Waals surface area contributed by atoms with E-state index in [0.29, 0.717) is 6.42 Å². The van der Waals surface area contributed by atoms with Crippen LogP contribution in [-0.2, 0) is 4.79 Å². The van der Waals surface area contributed by atoms with E-state index in [1.807, 2.05) is 69.5 Å². The number of nitrogens with zero attached hydrogens (tertiary/aromatic N) is 1. The van der Waals surface area contributed by atoms with Crippen LogP contribution in [0.5, 0.6) is 0 Å². The quantitative estimate of drug-likeness (QED) is 0.435. The minimum Gasteiger partial charge on any atom is -0.337 e. The highest BCUT2D eigenvalue weighted by molar-refractivity contribution is 7.13. The molecule has 3 rings (SSSR count). The fraction of sp³-hybridized carbons (Fsp3) is 0.238. The molecule has 2 heterocycles. The van der Waals surface area contributed by atoms with Gasteiger partial charge >= 0.3 is 0 Å². The molecule has 2 aromatic heterocycles. The van der Waals surface area contributed by atoms with Gasteiger partial charge in [0.2, 0.25) is 0 Å². The van der Waals surface area contributed by atoms with Crippen molar-refractivity contribution in [1.29, 1.82) is 0 Å². The number of aromatic nitrogens is 2. The first-order valence-corrected chi connectivity index (χ1v) is 9.55. The molecule has 2 N–H and O–H groups in total. The molecule has 4 nitrogen and oxygen atoms in total. The molecule has 0 atom stereocenters. The summed E-state index contributed by atoms with van der Waals surface area (Å²) >= 11 is 1.65. The molecule has 0 fully saturated rings. The van der Waals surface area contributed by atoms with E-state index in [1.54, 1.807) is 11.3 Å². The molecule has 0 aliphatic carbocycles. The van der Waals surface area contributed by atoms with Crippen LogP contribution in [0.3, 0.4) is 0 Å². The standard InChI is InChI=1S/C21H23N3OS/c1-5-16(14(4)11-13(2)3)21(25)22-15-8-9-17-18(12-15)24-20(23-17)19-7-6-10-26-19/h6-12H,5H2,1-4H3,(H,22,25)(H,23,24)/b16-14+. The molecule has 3 aromatic rings. The van der Waals surface area contributed by atoms with Gasteiger partial charge in [-0.3, -0.25) is 4.79 Å². The highest BCUT2D eigenvalue weighted by Crippen LogP contribution is 2.26. The summed E-state index contributed by atoms with van der Waals surface area (Å²) in [4.78, 5) is 21.7. The summed E-state index contributed by atoms with van der Waals surface area (Å²) in [5.41, 5.74) is 5.55. The Balaban J connectivity index is 1.86. The molecule has 5 heteroatoms. The van der Waals surface area contributed by atoms with Crippen molar-refractivity contribution in [1.82, 2.24) is 9.97 Å². The van der Waals surface area contributed by atoms with Gasteiger partial charge in [0.05, 0.1) is 15.9 Å². The molecule has 0 bridgehead atoms. The molecular weight excluding hydrogens is 342 g/mol. The number of H-pyrrole nitrogens is 1. The largest absolute Gasteiger partial charge is 0.337 e. The summed E-state index contributed by atoms with van der Waals surface area (Å²) in [6.07, 6.45) is 2.74. The molecule has 0 aliphatic heterocycles.